The van der Waals surface area contributed by atoms with E-state index in [1.54, 1.807) is 0 Å². The maximum atomic E-state index is 13.0. The van der Waals surface area contributed by atoms with Crippen LogP contribution in [0.5, 0.6) is 0 Å². The van der Waals surface area contributed by atoms with Crippen molar-refractivity contribution in [3.8, 4) is 0 Å². The minimum absolute atomic E-state index is 0.478. The summed E-state index contributed by atoms with van der Waals surface area (Å²) in [4.78, 5) is 19.8. The molecular weight excluding hydrogens is 326 g/mol. The standard InChI is InChI=1S/C22H25NO3/c1-15-7-6-10-17(11-15)22(21(24)26-25,16-8-4-3-5-9-16)12-18-19-13-23(2)14-20(18)19/h3-11,18-20,25H,12-14H2,1-2H3. The van der Waals surface area contributed by atoms with Crippen LogP contribution in [0.4, 0.5) is 0 Å². The van der Waals surface area contributed by atoms with Gasteiger partial charge in [-0.15, -0.1) is 0 Å². The Morgan fingerprint density at radius 1 is 1.12 bits per heavy atom. The fourth-order valence-electron chi connectivity index (χ4n) is 4.95. The van der Waals surface area contributed by atoms with Crippen molar-refractivity contribution in [1.29, 1.82) is 0 Å². The summed E-state index contributed by atoms with van der Waals surface area (Å²) in [6.45, 7) is 4.19. The molecule has 0 spiro atoms. The van der Waals surface area contributed by atoms with Crippen molar-refractivity contribution in [1.82, 2.24) is 4.90 Å². The maximum Gasteiger partial charge on any atom is 0.356 e. The van der Waals surface area contributed by atoms with Crippen molar-refractivity contribution >= 4 is 5.97 Å². The van der Waals surface area contributed by atoms with Gasteiger partial charge in [-0.05, 0) is 49.3 Å². The van der Waals surface area contributed by atoms with Gasteiger partial charge in [0, 0.05) is 13.1 Å². The van der Waals surface area contributed by atoms with Crippen LogP contribution in [0.15, 0.2) is 54.6 Å². The first-order valence-corrected chi connectivity index (χ1v) is 9.23. The third-order valence-electron chi connectivity index (χ3n) is 6.30. The second-order valence-corrected chi connectivity index (χ2v) is 7.94. The summed E-state index contributed by atoms with van der Waals surface area (Å²) in [6.07, 6.45) is 0.670. The van der Waals surface area contributed by atoms with Crippen molar-refractivity contribution in [2.75, 3.05) is 20.1 Å². The van der Waals surface area contributed by atoms with Crippen LogP contribution in [-0.2, 0) is 15.1 Å². The molecule has 2 aromatic rings. The van der Waals surface area contributed by atoms with E-state index in [-0.39, 0.29) is 0 Å². The molecular formula is C22H25NO3. The Kier molecular flexibility index (Phi) is 4.33. The number of hydrogen-bond acceptors (Lipinski definition) is 4. The molecule has 26 heavy (non-hydrogen) atoms. The van der Waals surface area contributed by atoms with Crippen LogP contribution in [0.3, 0.4) is 0 Å². The van der Waals surface area contributed by atoms with Gasteiger partial charge < -0.3 is 4.90 Å². The molecule has 2 aliphatic rings. The molecule has 4 nitrogen and oxygen atoms in total. The number of aryl methyl sites for hydroxylation is 1. The first-order valence-electron chi connectivity index (χ1n) is 9.23. The van der Waals surface area contributed by atoms with E-state index in [0.29, 0.717) is 24.2 Å². The zero-order chi connectivity index (χ0) is 18.3. The van der Waals surface area contributed by atoms with Crippen molar-refractivity contribution in [2.45, 2.75) is 18.8 Å². The fraction of sp³-hybridized carbons (Fsp3) is 0.409. The molecule has 0 aromatic heterocycles. The molecule has 0 bridgehead atoms. The smallest absolute Gasteiger partial charge is 0.306 e. The first kappa shape index (κ1) is 17.3. The monoisotopic (exact) mass is 351 g/mol. The third-order valence-corrected chi connectivity index (χ3v) is 6.30. The summed E-state index contributed by atoms with van der Waals surface area (Å²) in [5.74, 6) is 1.16. The molecule has 1 heterocycles. The van der Waals surface area contributed by atoms with Gasteiger partial charge in [0.25, 0.3) is 0 Å². The van der Waals surface area contributed by atoms with E-state index in [4.69, 9.17) is 0 Å². The summed E-state index contributed by atoms with van der Waals surface area (Å²) < 4.78 is 0. The van der Waals surface area contributed by atoms with Crippen LogP contribution >= 0.6 is 0 Å². The van der Waals surface area contributed by atoms with Crippen molar-refractivity contribution in [3.63, 3.8) is 0 Å². The summed E-state index contributed by atoms with van der Waals surface area (Å²) >= 11 is 0. The third kappa shape index (κ3) is 2.74. The van der Waals surface area contributed by atoms with Crippen LogP contribution in [0.25, 0.3) is 0 Å². The highest BCUT2D eigenvalue weighted by molar-refractivity contribution is 5.87. The minimum atomic E-state index is -0.977. The van der Waals surface area contributed by atoms with Crippen molar-refractivity contribution in [2.24, 2.45) is 17.8 Å². The lowest BCUT2D eigenvalue weighted by atomic mass is 9.70. The number of nitrogens with zero attached hydrogens (tertiary/aromatic N) is 1. The van der Waals surface area contributed by atoms with E-state index >= 15 is 0 Å². The first-order chi connectivity index (χ1) is 12.6. The normalized spacial score (nSPS) is 26.8. The van der Waals surface area contributed by atoms with Crippen LogP contribution in [-0.4, -0.2) is 36.3 Å². The highest BCUT2D eigenvalue weighted by atomic mass is 17.1. The van der Waals surface area contributed by atoms with E-state index < -0.39 is 11.4 Å². The van der Waals surface area contributed by atoms with E-state index in [1.807, 2.05) is 61.5 Å². The largest absolute Gasteiger partial charge is 0.356 e. The second kappa shape index (κ2) is 6.53. The lowest BCUT2D eigenvalue weighted by molar-refractivity contribution is -0.240. The molecule has 3 unspecified atom stereocenters. The number of carbonyl (C=O) groups excluding carboxylic acids is 1. The summed E-state index contributed by atoms with van der Waals surface area (Å²) in [6, 6.07) is 17.7. The van der Waals surface area contributed by atoms with Crippen LogP contribution in [0.1, 0.15) is 23.1 Å². The average molecular weight is 351 g/mol. The molecule has 1 aliphatic carbocycles. The number of hydrogen-bond donors (Lipinski definition) is 1. The van der Waals surface area contributed by atoms with Gasteiger partial charge in [0.15, 0.2) is 0 Å². The lowest BCUT2D eigenvalue weighted by Crippen LogP contribution is -2.40. The number of benzene rings is 2. The van der Waals surface area contributed by atoms with Crippen LogP contribution in [0.2, 0.25) is 0 Å². The number of rotatable bonds is 5. The molecule has 136 valence electrons. The Balaban J connectivity index is 1.80. The maximum absolute atomic E-state index is 13.0. The molecule has 3 atom stereocenters. The van der Waals surface area contributed by atoms with E-state index in [1.165, 1.54) is 0 Å². The Morgan fingerprint density at radius 3 is 2.38 bits per heavy atom. The van der Waals surface area contributed by atoms with Crippen LogP contribution in [0, 0.1) is 24.7 Å². The van der Waals surface area contributed by atoms with Gasteiger partial charge in [-0.3, -0.25) is 4.89 Å². The van der Waals surface area contributed by atoms with Gasteiger partial charge in [0.1, 0.15) is 5.41 Å². The van der Waals surface area contributed by atoms with E-state index in [2.05, 4.69) is 16.8 Å². The average Bonchev–Trinajstić information content (AvgIpc) is 3.10. The van der Waals surface area contributed by atoms with Gasteiger partial charge in [0.05, 0.1) is 0 Å². The van der Waals surface area contributed by atoms with Gasteiger partial charge in [-0.2, -0.15) is 5.26 Å². The molecule has 4 rings (SSSR count). The number of fused-ring (bicyclic) bond motifs is 1. The molecule has 0 amide bonds. The molecule has 1 N–H and O–H groups in total. The number of carbonyl (C=O) groups is 1. The quantitative estimate of drug-likeness (QED) is 0.662. The molecule has 1 saturated carbocycles. The van der Waals surface area contributed by atoms with Gasteiger partial charge in [-0.1, -0.05) is 60.2 Å². The van der Waals surface area contributed by atoms with Crippen LogP contribution < -0.4 is 0 Å². The lowest BCUT2D eigenvalue weighted by Gasteiger charge is -2.32. The number of piperidine rings is 1. The molecule has 1 aliphatic heterocycles. The summed E-state index contributed by atoms with van der Waals surface area (Å²) in [7, 11) is 2.15. The zero-order valence-electron chi connectivity index (χ0n) is 15.3. The highest BCUT2D eigenvalue weighted by Crippen LogP contribution is 2.57. The van der Waals surface area contributed by atoms with Crippen molar-refractivity contribution in [3.05, 3.63) is 71.3 Å². The SMILES string of the molecule is Cc1cccc(C(CC2C3CN(C)CC32)(C(=O)OO)c2ccccc2)c1. The van der Waals surface area contributed by atoms with Gasteiger partial charge >= 0.3 is 5.97 Å². The number of likely N-dealkylation sites (tertiary alicyclic amines) is 1. The Hall–Kier alpha value is -2.17. The van der Waals surface area contributed by atoms with Gasteiger partial charge in [0.2, 0.25) is 0 Å². The Morgan fingerprint density at radius 2 is 1.77 bits per heavy atom. The molecule has 1 saturated heterocycles. The molecule has 4 heteroatoms. The molecule has 2 fully saturated rings. The second-order valence-electron chi connectivity index (χ2n) is 7.94. The predicted octanol–water partition coefficient (Wildman–Crippen LogP) is 3.50. The van der Waals surface area contributed by atoms with E-state index in [0.717, 1.165) is 29.8 Å². The molecule has 2 aromatic carbocycles. The van der Waals surface area contributed by atoms with Crippen molar-refractivity contribution < 1.29 is 14.9 Å². The predicted molar refractivity (Wildman–Crippen MR) is 99.7 cm³/mol. The fourth-order valence-corrected chi connectivity index (χ4v) is 4.95. The van der Waals surface area contributed by atoms with E-state index in [9.17, 15) is 10.1 Å². The summed E-state index contributed by atoms with van der Waals surface area (Å²) in [5.41, 5.74) is 1.88. The highest BCUT2D eigenvalue weighted by Gasteiger charge is 2.59. The Labute approximate surface area is 154 Å². The Bertz CT molecular complexity index is 794. The topological polar surface area (TPSA) is 49.8 Å². The minimum Gasteiger partial charge on any atom is -0.306 e. The zero-order valence-corrected chi connectivity index (χ0v) is 15.3. The summed E-state index contributed by atoms with van der Waals surface area (Å²) in [5, 5.41) is 9.38. The van der Waals surface area contributed by atoms with Gasteiger partial charge in [-0.25, -0.2) is 4.79 Å². The molecule has 0 radical (unpaired) electrons.